The number of nitrogens with zero attached hydrogens (tertiary/aromatic N) is 4. The Morgan fingerprint density at radius 1 is 1.50 bits per heavy atom. The van der Waals surface area contributed by atoms with Crippen molar-refractivity contribution >= 4 is 29.3 Å². The van der Waals surface area contributed by atoms with Crippen LogP contribution < -0.4 is 11.0 Å². The van der Waals surface area contributed by atoms with Gasteiger partial charge >= 0.3 is 5.69 Å². The number of anilines is 1. The molecule has 9 heteroatoms. The lowest BCUT2D eigenvalue weighted by molar-refractivity contribution is 0.660. The molecule has 0 saturated heterocycles. The van der Waals surface area contributed by atoms with Crippen LogP contribution in [-0.4, -0.2) is 31.3 Å². The van der Waals surface area contributed by atoms with Gasteiger partial charge in [0.05, 0.1) is 11.2 Å². The Bertz CT molecular complexity index is 640. The van der Waals surface area contributed by atoms with Gasteiger partial charge in [-0.25, -0.2) is 19.9 Å². The number of H-pyrrole nitrogens is 1. The maximum absolute atomic E-state index is 11.5. The Balaban J connectivity index is 2.25. The summed E-state index contributed by atoms with van der Waals surface area (Å²) in [6.45, 7) is 5.24. The zero-order valence-corrected chi connectivity index (χ0v) is 12.8. The molecule has 0 fully saturated rings. The fraction of sp³-hybridized carbons (Fsp3) is 0.455. The van der Waals surface area contributed by atoms with E-state index in [1.165, 1.54) is 22.5 Å². The molecule has 0 radical (unpaired) electrons. The molecule has 2 heterocycles. The van der Waals surface area contributed by atoms with Crippen molar-refractivity contribution in [2.45, 2.75) is 37.0 Å². The van der Waals surface area contributed by atoms with Crippen LogP contribution in [0.4, 0.5) is 5.95 Å². The van der Waals surface area contributed by atoms with Gasteiger partial charge in [-0.2, -0.15) is 0 Å². The van der Waals surface area contributed by atoms with E-state index in [0.29, 0.717) is 27.7 Å². The summed E-state index contributed by atoms with van der Waals surface area (Å²) in [6, 6.07) is 0. The van der Waals surface area contributed by atoms with Crippen molar-refractivity contribution in [3.8, 4) is 0 Å². The summed E-state index contributed by atoms with van der Waals surface area (Å²) in [7, 11) is 0. The summed E-state index contributed by atoms with van der Waals surface area (Å²) in [5, 5.41) is 11.0. The lowest BCUT2D eigenvalue weighted by atomic mass is 10.5. The zero-order valence-electron chi connectivity index (χ0n) is 11.2. The van der Waals surface area contributed by atoms with Gasteiger partial charge < -0.3 is 5.32 Å². The molecule has 0 aromatic carbocycles. The molecule has 0 aliphatic heterocycles. The van der Waals surface area contributed by atoms with E-state index >= 15 is 0 Å². The highest BCUT2D eigenvalue weighted by atomic mass is 35.5. The number of hydrogen-bond donors (Lipinski definition) is 2. The van der Waals surface area contributed by atoms with Crippen molar-refractivity contribution in [3.05, 3.63) is 21.7 Å². The van der Waals surface area contributed by atoms with Crippen molar-refractivity contribution in [1.82, 2.24) is 24.7 Å². The van der Waals surface area contributed by atoms with Crippen molar-refractivity contribution in [1.29, 1.82) is 0 Å². The first-order chi connectivity index (χ1) is 9.65. The zero-order chi connectivity index (χ0) is 14.5. The van der Waals surface area contributed by atoms with Crippen molar-refractivity contribution in [2.24, 2.45) is 0 Å². The maximum Gasteiger partial charge on any atom is 0.343 e. The molecule has 20 heavy (non-hydrogen) atoms. The van der Waals surface area contributed by atoms with Gasteiger partial charge in [-0.15, -0.1) is 5.10 Å². The third-order valence-electron chi connectivity index (χ3n) is 2.47. The third kappa shape index (κ3) is 3.31. The minimum Gasteiger partial charge on any atom is -0.354 e. The summed E-state index contributed by atoms with van der Waals surface area (Å²) < 4.78 is 1.52. The topological polar surface area (TPSA) is 88.5 Å². The van der Waals surface area contributed by atoms with Gasteiger partial charge in [-0.05, 0) is 25.1 Å². The average molecular weight is 315 g/mol. The molecule has 2 rings (SSSR count). The molecule has 0 spiro atoms. The van der Waals surface area contributed by atoms with Crippen LogP contribution in [-0.2, 0) is 6.54 Å². The van der Waals surface area contributed by atoms with Crippen LogP contribution in [0.15, 0.2) is 21.2 Å². The second-order valence-corrected chi connectivity index (χ2v) is 5.29. The molecule has 0 atom stereocenters. The number of rotatable bonds is 6. The minimum atomic E-state index is -0.246. The van der Waals surface area contributed by atoms with E-state index in [4.69, 9.17) is 11.6 Å². The molecule has 2 aromatic rings. The van der Waals surface area contributed by atoms with Gasteiger partial charge in [0.15, 0.2) is 5.16 Å². The molecule has 2 N–H and O–H groups in total. The minimum absolute atomic E-state index is 0.246. The van der Waals surface area contributed by atoms with Crippen LogP contribution in [0.1, 0.15) is 20.3 Å². The maximum atomic E-state index is 11.5. The fourth-order valence-corrected chi connectivity index (χ4v) is 2.57. The van der Waals surface area contributed by atoms with Crippen LogP contribution in [0.25, 0.3) is 0 Å². The van der Waals surface area contributed by atoms with E-state index in [2.05, 4.69) is 32.4 Å². The Morgan fingerprint density at radius 3 is 3.00 bits per heavy atom. The largest absolute Gasteiger partial charge is 0.354 e. The van der Waals surface area contributed by atoms with Crippen LogP contribution in [0, 0.1) is 0 Å². The highest BCUT2D eigenvalue weighted by Gasteiger charge is 2.13. The lowest BCUT2D eigenvalue weighted by Gasteiger charge is -2.06. The number of aromatic amines is 1. The predicted molar refractivity (Wildman–Crippen MR) is 78.5 cm³/mol. The van der Waals surface area contributed by atoms with Crippen molar-refractivity contribution in [2.75, 3.05) is 11.9 Å². The Hall–Kier alpha value is -1.54. The highest BCUT2D eigenvalue weighted by molar-refractivity contribution is 7.99. The molecule has 2 aromatic heterocycles. The quantitative estimate of drug-likeness (QED) is 0.793. The SMILES string of the molecule is CCCNc1ncc(Cl)c(Sc2n[nH]c(=O)n2CC)n1. The fourth-order valence-electron chi connectivity index (χ4n) is 1.49. The molecule has 0 amide bonds. The highest BCUT2D eigenvalue weighted by Crippen LogP contribution is 2.29. The Labute approximate surface area is 125 Å². The second-order valence-electron chi connectivity index (χ2n) is 3.93. The number of nitrogens with one attached hydrogen (secondary N) is 2. The predicted octanol–water partition coefficient (Wildman–Crippen LogP) is 2.01. The van der Waals surface area contributed by atoms with Crippen LogP contribution in [0.3, 0.4) is 0 Å². The lowest BCUT2D eigenvalue weighted by Crippen LogP contribution is -2.16. The first-order valence-corrected chi connectivity index (χ1v) is 7.44. The second kappa shape index (κ2) is 6.76. The normalized spacial score (nSPS) is 10.8. The molecular weight excluding hydrogens is 300 g/mol. The van der Waals surface area contributed by atoms with Gasteiger partial charge in [0.2, 0.25) is 5.95 Å². The van der Waals surface area contributed by atoms with E-state index in [0.717, 1.165) is 13.0 Å². The summed E-state index contributed by atoms with van der Waals surface area (Å²) in [5.74, 6) is 0.514. The number of hydrogen-bond acceptors (Lipinski definition) is 6. The van der Waals surface area contributed by atoms with Crippen molar-refractivity contribution < 1.29 is 0 Å². The number of aromatic nitrogens is 5. The summed E-state index contributed by atoms with van der Waals surface area (Å²) in [6.07, 6.45) is 2.51. The molecule has 7 nitrogen and oxygen atoms in total. The van der Waals surface area contributed by atoms with Gasteiger partial charge in [-0.1, -0.05) is 18.5 Å². The van der Waals surface area contributed by atoms with E-state index in [-0.39, 0.29) is 5.69 Å². The van der Waals surface area contributed by atoms with Crippen LogP contribution in [0.5, 0.6) is 0 Å². The van der Waals surface area contributed by atoms with Gasteiger partial charge in [0.25, 0.3) is 0 Å². The van der Waals surface area contributed by atoms with E-state index in [1.54, 1.807) is 0 Å². The molecule has 0 aliphatic carbocycles. The standard InChI is InChI=1S/C11H15ClN6OS/c1-3-5-13-9-14-6-7(12)8(15-9)20-11-17-16-10(19)18(11)4-2/h6H,3-5H2,1-2H3,(H,16,19)(H,13,14,15). The molecule has 0 saturated carbocycles. The van der Waals surface area contributed by atoms with Gasteiger partial charge in [0.1, 0.15) is 5.03 Å². The molecule has 0 aliphatic rings. The smallest absolute Gasteiger partial charge is 0.343 e. The first-order valence-electron chi connectivity index (χ1n) is 6.25. The Morgan fingerprint density at radius 2 is 2.30 bits per heavy atom. The summed E-state index contributed by atoms with van der Waals surface area (Å²) in [4.78, 5) is 19.9. The monoisotopic (exact) mass is 314 g/mol. The molecule has 108 valence electrons. The molecular formula is C11H15ClN6OS. The van der Waals surface area contributed by atoms with E-state index in [9.17, 15) is 4.79 Å². The first kappa shape index (κ1) is 14.9. The van der Waals surface area contributed by atoms with Crippen LogP contribution >= 0.6 is 23.4 Å². The summed E-state index contributed by atoms with van der Waals surface area (Å²) in [5.41, 5.74) is -0.246. The van der Waals surface area contributed by atoms with Crippen LogP contribution in [0.2, 0.25) is 5.02 Å². The number of halogens is 1. The molecule has 0 bridgehead atoms. The third-order valence-corrected chi connectivity index (χ3v) is 3.86. The van der Waals surface area contributed by atoms with Gasteiger partial charge in [-0.3, -0.25) is 4.57 Å². The summed E-state index contributed by atoms with van der Waals surface area (Å²) >= 11 is 7.31. The Kier molecular flexibility index (Phi) is 5.02. The van der Waals surface area contributed by atoms with E-state index < -0.39 is 0 Å². The van der Waals surface area contributed by atoms with Gasteiger partial charge in [0, 0.05) is 13.1 Å². The average Bonchev–Trinajstić information content (AvgIpc) is 2.80. The van der Waals surface area contributed by atoms with Crippen molar-refractivity contribution in [3.63, 3.8) is 0 Å². The van der Waals surface area contributed by atoms with E-state index in [1.807, 2.05) is 6.92 Å². The molecule has 0 unspecified atom stereocenters.